The number of halogens is 1. The highest BCUT2D eigenvalue weighted by Gasteiger charge is 2.13. The summed E-state index contributed by atoms with van der Waals surface area (Å²) < 4.78 is 2.20. The summed E-state index contributed by atoms with van der Waals surface area (Å²) in [5, 5.41) is 2.67. The number of imidazole rings is 1. The Morgan fingerprint density at radius 1 is 1.09 bits per heavy atom. The molecule has 0 amide bonds. The normalized spacial score (nSPS) is 11.7. The first kappa shape index (κ1) is 13.5. The van der Waals surface area contributed by atoms with Crippen LogP contribution < -0.4 is 0 Å². The fourth-order valence-corrected chi connectivity index (χ4v) is 3.31. The summed E-state index contributed by atoms with van der Waals surface area (Å²) in [5.41, 5.74) is 3.89. The molecule has 0 fully saturated rings. The quantitative estimate of drug-likeness (QED) is 0.487. The average Bonchev–Trinajstić information content (AvgIpc) is 2.96. The van der Waals surface area contributed by atoms with Gasteiger partial charge in [0, 0.05) is 17.3 Å². The van der Waals surface area contributed by atoms with Crippen LogP contribution in [0.2, 0.25) is 5.02 Å². The van der Waals surface area contributed by atoms with Gasteiger partial charge in [0.05, 0.1) is 33.4 Å². The zero-order valence-electron chi connectivity index (χ0n) is 12.4. The number of rotatable bonds is 3. The van der Waals surface area contributed by atoms with Gasteiger partial charge in [-0.05, 0) is 24.6 Å². The molecule has 4 heteroatoms. The Hall–Kier alpha value is -2.13. The molecular formula is C18H16ClN3. The van der Waals surface area contributed by atoms with E-state index in [0.717, 1.165) is 50.8 Å². The molecule has 0 saturated carbocycles. The number of hydrogen-bond acceptors (Lipinski definition) is 2. The number of pyridine rings is 1. The van der Waals surface area contributed by atoms with Crippen LogP contribution in [0.5, 0.6) is 0 Å². The van der Waals surface area contributed by atoms with Crippen LogP contribution in [0.25, 0.3) is 32.8 Å². The van der Waals surface area contributed by atoms with E-state index in [4.69, 9.17) is 16.6 Å². The number of aryl methyl sites for hydroxylation is 1. The van der Waals surface area contributed by atoms with Gasteiger partial charge in [-0.3, -0.25) is 0 Å². The molecule has 22 heavy (non-hydrogen) atoms. The van der Waals surface area contributed by atoms with Crippen molar-refractivity contribution in [3.05, 3.63) is 47.7 Å². The summed E-state index contributed by atoms with van der Waals surface area (Å²) in [6.07, 6.45) is 4.22. The van der Waals surface area contributed by atoms with Gasteiger partial charge in [0.25, 0.3) is 0 Å². The largest absolute Gasteiger partial charge is 0.331 e. The third kappa shape index (κ3) is 1.97. The molecule has 3 nitrogen and oxygen atoms in total. The van der Waals surface area contributed by atoms with Crippen molar-refractivity contribution in [2.45, 2.75) is 26.3 Å². The Bertz CT molecular complexity index is 988. The maximum absolute atomic E-state index is 6.68. The van der Waals surface area contributed by atoms with Gasteiger partial charge in [0.15, 0.2) is 0 Å². The highest BCUT2D eigenvalue weighted by Crippen LogP contribution is 2.34. The molecule has 2 aromatic heterocycles. The van der Waals surface area contributed by atoms with E-state index in [9.17, 15) is 0 Å². The number of nitrogens with zero attached hydrogens (tertiary/aromatic N) is 3. The van der Waals surface area contributed by atoms with Gasteiger partial charge in [-0.2, -0.15) is 0 Å². The van der Waals surface area contributed by atoms with Gasteiger partial charge >= 0.3 is 0 Å². The fourth-order valence-electron chi connectivity index (χ4n) is 2.96. The molecule has 2 heterocycles. The third-order valence-corrected chi connectivity index (χ3v) is 4.52. The Morgan fingerprint density at radius 3 is 2.82 bits per heavy atom. The summed E-state index contributed by atoms with van der Waals surface area (Å²) in [7, 11) is 0. The van der Waals surface area contributed by atoms with E-state index in [1.807, 2.05) is 36.7 Å². The van der Waals surface area contributed by atoms with E-state index < -0.39 is 0 Å². The number of fused-ring (bicyclic) bond motifs is 4. The van der Waals surface area contributed by atoms with Crippen LogP contribution in [0.15, 0.2) is 42.7 Å². The predicted octanol–water partition coefficient (Wildman–Crippen LogP) is 5.19. The second-order valence-corrected chi connectivity index (χ2v) is 5.94. The van der Waals surface area contributed by atoms with Gasteiger partial charge in [0.1, 0.15) is 0 Å². The topological polar surface area (TPSA) is 30.7 Å². The first-order chi connectivity index (χ1) is 10.8. The number of aromatic nitrogens is 3. The second kappa shape index (κ2) is 5.25. The minimum atomic E-state index is 0.743. The van der Waals surface area contributed by atoms with Crippen molar-refractivity contribution < 1.29 is 0 Å². The Labute approximate surface area is 133 Å². The van der Waals surface area contributed by atoms with Gasteiger partial charge < -0.3 is 4.57 Å². The molecule has 0 radical (unpaired) electrons. The molecule has 4 aromatic rings. The minimum absolute atomic E-state index is 0.743. The molecule has 0 saturated heterocycles. The summed E-state index contributed by atoms with van der Waals surface area (Å²) in [4.78, 5) is 9.33. The SMILES string of the molecule is CCCCn1cnc2c3c(Cl)c4ccccc4nc3ccc21. The van der Waals surface area contributed by atoms with Crippen molar-refractivity contribution in [3.63, 3.8) is 0 Å². The molecule has 0 N–H and O–H groups in total. The summed E-state index contributed by atoms with van der Waals surface area (Å²) in [6, 6.07) is 12.1. The van der Waals surface area contributed by atoms with Crippen LogP contribution in [-0.2, 0) is 6.54 Å². The first-order valence-corrected chi connectivity index (χ1v) is 7.99. The predicted molar refractivity (Wildman–Crippen MR) is 92.5 cm³/mol. The molecule has 0 atom stereocenters. The lowest BCUT2D eigenvalue weighted by Gasteiger charge is -2.07. The zero-order valence-corrected chi connectivity index (χ0v) is 13.1. The maximum Gasteiger partial charge on any atom is 0.0993 e. The van der Waals surface area contributed by atoms with E-state index >= 15 is 0 Å². The van der Waals surface area contributed by atoms with Crippen LogP contribution in [0.1, 0.15) is 19.8 Å². The lowest BCUT2D eigenvalue weighted by Crippen LogP contribution is -1.95. The lowest BCUT2D eigenvalue weighted by atomic mass is 10.1. The zero-order chi connectivity index (χ0) is 15.1. The fraction of sp³-hybridized carbons (Fsp3) is 0.222. The van der Waals surface area contributed by atoms with Crippen molar-refractivity contribution in [3.8, 4) is 0 Å². The van der Waals surface area contributed by atoms with Crippen LogP contribution in [-0.4, -0.2) is 14.5 Å². The molecule has 0 unspecified atom stereocenters. The lowest BCUT2D eigenvalue weighted by molar-refractivity contribution is 0.646. The van der Waals surface area contributed by atoms with Crippen molar-refractivity contribution in [1.29, 1.82) is 0 Å². The maximum atomic E-state index is 6.68. The Balaban J connectivity index is 2.06. The van der Waals surface area contributed by atoms with Crippen molar-refractivity contribution in [2.24, 2.45) is 0 Å². The number of benzene rings is 2. The van der Waals surface area contributed by atoms with Gasteiger partial charge in [-0.1, -0.05) is 43.1 Å². The van der Waals surface area contributed by atoms with Crippen molar-refractivity contribution in [1.82, 2.24) is 14.5 Å². The van der Waals surface area contributed by atoms with Crippen LogP contribution in [0.3, 0.4) is 0 Å². The van der Waals surface area contributed by atoms with E-state index in [-0.39, 0.29) is 0 Å². The molecule has 0 aliphatic carbocycles. The minimum Gasteiger partial charge on any atom is -0.331 e. The molecule has 0 aliphatic rings. The average molecular weight is 310 g/mol. The molecule has 4 rings (SSSR count). The van der Waals surface area contributed by atoms with Gasteiger partial charge in [-0.25, -0.2) is 9.97 Å². The van der Waals surface area contributed by atoms with E-state index in [1.165, 1.54) is 6.42 Å². The van der Waals surface area contributed by atoms with Gasteiger partial charge in [-0.15, -0.1) is 0 Å². The number of hydrogen-bond donors (Lipinski definition) is 0. The Morgan fingerprint density at radius 2 is 1.95 bits per heavy atom. The second-order valence-electron chi connectivity index (χ2n) is 5.56. The monoisotopic (exact) mass is 309 g/mol. The smallest absolute Gasteiger partial charge is 0.0993 e. The molecule has 0 spiro atoms. The molecule has 2 aromatic carbocycles. The molecule has 0 bridgehead atoms. The third-order valence-electron chi connectivity index (χ3n) is 4.12. The highest BCUT2D eigenvalue weighted by molar-refractivity contribution is 6.42. The van der Waals surface area contributed by atoms with E-state index in [0.29, 0.717) is 0 Å². The number of unbranched alkanes of at least 4 members (excludes halogenated alkanes) is 1. The number of para-hydroxylation sites is 1. The molecular weight excluding hydrogens is 294 g/mol. The summed E-state index contributed by atoms with van der Waals surface area (Å²) in [5.74, 6) is 0. The van der Waals surface area contributed by atoms with Crippen molar-refractivity contribution in [2.75, 3.05) is 0 Å². The molecule has 110 valence electrons. The van der Waals surface area contributed by atoms with Crippen LogP contribution in [0.4, 0.5) is 0 Å². The Kier molecular flexibility index (Phi) is 3.23. The highest BCUT2D eigenvalue weighted by atomic mass is 35.5. The standard InChI is InChI=1S/C18H16ClN3/c1-2-3-10-22-11-20-18-15(22)9-8-14-16(18)17(19)12-6-4-5-7-13(12)21-14/h4-9,11H,2-3,10H2,1H3. The summed E-state index contributed by atoms with van der Waals surface area (Å²) in [6.45, 7) is 3.18. The van der Waals surface area contributed by atoms with Crippen LogP contribution in [0, 0.1) is 0 Å². The van der Waals surface area contributed by atoms with Crippen LogP contribution >= 0.6 is 11.6 Å². The van der Waals surface area contributed by atoms with Crippen molar-refractivity contribution >= 4 is 44.4 Å². The molecule has 0 aliphatic heterocycles. The first-order valence-electron chi connectivity index (χ1n) is 7.61. The summed E-state index contributed by atoms with van der Waals surface area (Å²) >= 11 is 6.68. The van der Waals surface area contributed by atoms with E-state index in [2.05, 4.69) is 22.5 Å². The van der Waals surface area contributed by atoms with E-state index in [1.54, 1.807) is 0 Å². The van der Waals surface area contributed by atoms with Gasteiger partial charge in [0.2, 0.25) is 0 Å².